The molecule has 0 amide bonds. The Labute approximate surface area is 425 Å². The van der Waals surface area contributed by atoms with E-state index < -0.39 is 48.2 Å². The van der Waals surface area contributed by atoms with E-state index in [0.29, 0.717) is 38.5 Å². The van der Waals surface area contributed by atoms with Crippen molar-refractivity contribution in [2.45, 2.75) is 276 Å². The summed E-state index contributed by atoms with van der Waals surface area (Å²) in [6.45, 7) is 5.69. The first kappa shape index (κ1) is 64.7. The maximum absolute atomic E-state index is 13.3. The average Bonchev–Trinajstić information content (AvgIpc) is 3.33. The Morgan fingerprint density at radius 2 is 0.700 bits per heavy atom. The summed E-state index contributed by atoms with van der Waals surface area (Å²) in [6.07, 6.45) is 55.6. The third-order valence-corrected chi connectivity index (χ3v) is 12.6. The fourth-order valence-electron chi connectivity index (χ4n) is 8.12. The standard InChI is InChI=1S/C59H100O11/c1-4-7-10-13-16-19-22-25-28-31-34-37-40-43-46-49-54(61)68-57(64)53(60)52-67-59(66,70-56(63)51-48-45-42-39-36-33-30-27-24-21-18-15-12-9-6-3)58(57,65)69-55(62)50-47-44-41-38-35-32-29-26-23-20-17-14-11-8-5-2/h16-21,25-30,53,60,64-66H,4-15,22-24,31-52H2,1-3H3/b19-16-,20-17-,21-18-,28-25-,29-26-,30-27-/t53-,57+,58-,59?/m1/s1. The lowest BCUT2D eigenvalue weighted by Crippen LogP contribution is -2.80. The zero-order valence-corrected chi connectivity index (χ0v) is 44.3. The van der Waals surface area contributed by atoms with Gasteiger partial charge in [-0.15, -0.1) is 0 Å². The van der Waals surface area contributed by atoms with E-state index in [2.05, 4.69) is 93.7 Å². The Hall–Kier alpha value is -3.35. The summed E-state index contributed by atoms with van der Waals surface area (Å²) < 4.78 is 21.1. The van der Waals surface area contributed by atoms with Crippen molar-refractivity contribution in [2.75, 3.05) is 6.61 Å². The molecule has 0 bridgehead atoms. The molecule has 1 fully saturated rings. The van der Waals surface area contributed by atoms with E-state index in [9.17, 15) is 34.8 Å². The summed E-state index contributed by atoms with van der Waals surface area (Å²) in [7, 11) is 0. The molecule has 1 aliphatic heterocycles. The average molecular weight is 985 g/mol. The number of hydrogen-bond donors (Lipinski definition) is 4. The minimum atomic E-state index is -3.73. The molecule has 0 spiro atoms. The van der Waals surface area contributed by atoms with E-state index in [1.54, 1.807) is 0 Å². The van der Waals surface area contributed by atoms with Crippen LogP contribution in [0.4, 0.5) is 0 Å². The molecule has 1 rings (SSSR count). The Morgan fingerprint density at radius 3 is 1.04 bits per heavy atom. The summed E-state index contributed by atoms with van der Waals surface area (Å²) >= 11 is 0. The van der Waals surface area contributed by atoms with Crippen LogP contribution in [0.5, 0.6) is 0 Å². The van der Waals surface area contributed by atoms with E-state index >= 15 is 0 Å². The molecule has 1 aliphatic rings. The third-order valence-electron chi connectivity index (χ3n) is 12.6. The van der Waals surface area contributed by atoms with Gasteiger partial charge in [0, 0.05) is 19.3 Å². The van der Waals surface area contributed by atoms with Crippen LogP contribution in [0.15, 0.2) is 72.9 Å². The number of aliphatic hydroxyl groups is 4. The number of allylic oxidation sites excluding steroid dienone is 12. The molecule has 402 valence electrons. The Morgan fingerprint density at radius 1 is 0.414 bits per heavy atom. The van der Waals surface area contributed by atoms with Gasteiger partial charge in [-0.3, -0.25) is 14.4 Å². The van der Waals surface area contributed by atoms with Gasteiger partial charge in [-0.05, 0) is 116 Å². The van der Waals surface area contributed by atoms with Crippen LogP contribution in [-0.4, -0.2) is 68.6 Å². The number of carbonyl (C=O) groups is 3. The summed E-state index contributed by atoms with van der Waals surface area (Å²) in [5.74, 6) is -13.8. The number of carbonyl (C=O) groups excluding carboxylic acids is 3. The minimum Gasteiger partial charge on any atom is -0.422 e. The van der Waals surface area contributed by atoms with Crippen LogP contribution >= 0.6 is 0 Å². The molecule has 0 aliphatic carbocycles. The van der Waals surface area contributed by atoms with Gasteiger partial charge in [0.1, 0.15) is 6.10 Å². The Kier molecular flexibility index (Phi) is 40.0. The first-order valence-electron chi connectivity index (χ1n) is 28.0. The van der Waals surface area contributed by atoms with Crippen molar-refractivity contribution >= 4 is 17.9 Å². The number of hydrogen-bond acceptors (Lipinski definition) is 11. The van der Waals surface area contributed by atoms with Gasteiger partial charge in [0.2, 0.25) is 0 Å². The van der Waals surface area contributed by atoms with E-state index in [-0.39, 0.29) is 19.3 Å². The Bertz CT molecular complexity index is 1500. The van der Waals surface area contributed by atoms with E-state index in [1.807, 2.05) is 0 Å². The molecule has 1 unspecified atom stereocenters. The maximum atomic E-state index is 13.3. The molecule has 0 aromatic carbocycles. The van der Waals surface area contributed by atoms with Crippen LogP contribution < -0.4 is 0 Å². The fourth-order valence-corrected chi connectivity index (χ4v) is 8.12. The van der Waals surface area contributed by atoms with Crippen LogP contribution in [0.2, 0.25) is 0 Å². The van der Waals surface area contributed by atoms with E-state index in [1.165, 1.54) is 57.8 Å². The van der Waals surface area contributed by atoms with Crippen molar-refractivity contribution in [3.63, 3.8) is 0 Å². The predicted octanol–water partition coefficient (Wildman–Crippen LogP) is 14.5. The van der Waals surface area contributed by atoms with E-state index in [4.69, 9.17) is 18.9 Å². The minimum absolute atomic E-state index is 0.181. The lowest BCUT2D eigenvalue weighted by molar-refractivity contribution is -0.545. The molecule has 0 radical (unpaired) electrons. The molecule has 1 saturated heterocycles. The summed E-state index contributed by atoms with van der Waals surface area (Å²) in [5.41, 5.74) is 0. The second kappa shape index (κ2) is 43.3. The first-order valence-corrected chi connectivity index (χ1v) is 28.0. The Balaban J connectivity index is 2.76. The van der Waals surface area contributed by atoms with Gasteiger partial charge in [0.15, 0.2) is 0 Å². The monoisotopic (exact) mass is 985 g/mol. The van der Waals surface area contributed by atoms with Crippen LogP contribution in [0.1, 0.15) is 252 Å². The van der Waals surface area contributed by atoms with Gasteiger partial charge in [0.05, 0.1) is 6.61 Å². The van der Waals surface area contributed by atoms with E-state index in [0.717, 1.165) is 116 Å². The van der Waals surface area contributed by atoms with Crippen LogP contribution in [0, 0.1) is 0 Å². The van der Waals surface area contributed by atoms with Gasteiger partial charge >= 0.3 is 35.5 Å². The molecule has 0 saturated carbocycles. The molecule has 4 N–H and O–H groups in total. The largest absolute Gasteiger partial charge is 0.422 e. The SMILES string of the molecule is CCCCC/C=C\C/C=C\CCCCCCCC(=O)OC1(O)OC[C@@H](O)[C@](O)(OC(=O)CCCCCCC/C=C\C/C=C\CCCCC)[C@@]1(O)OC(=O)CCCCCCC/C=C\C/C=C\CCCCC. The normalized spacial score (nSPS) is 20.9. The third kappa shape index (κ3) is 30.5. The van der Waals surface area contributed by atoms with Gasteiger partial charge in [0.25, 0.3) is 0 Å². The first-order chi connectivity index (χ1) is 34.0. The number of ether oxygens (including phenoxy) is 4. The highest BCUT2D eigenvalue weighted by molar-refractivity contribution is 5.72. The molecular weight excluding hydrogens is 885 g/mol. The second-order valence-corrected chi connectivity index (χ2v) is 19.1. The second-order valence-electron chi connectivity index (χ2n) is 19.1. The van der Waals surface area contributed by atoms with Gasteiger partial charge < -0.3 is 39.4 Å². The lowest BCUT2D eigenvalue weighted by atomic mass is 9.93. The van der Waals surface area contributed by atoms with Crippen LogP contribution in [0.3, 0.4) is 0 Å². The highest BCUT2D eigenvalue weighted by atomic mass is 16.9. The van der Waals surface area contributed by atoms with Gasteiger partial charge in [-0.25, -0.2) is 0 Å². The number of esters is 3. The number of unbranched alkanes of at least 4 members (excludes halogenated alkanes) is 24. The molecule has 11 nitrogen and oxygen atoms in total. The molecule has 0 aromatic heterocycles. The summed E-state index contributed by atoms with van der Waals surface area (Å²) in [5, 5.41) is 46.4. The van der Waals surface area contributed by atoms with Crippen molar-refractivity contribution in [3.05, 3.63) is 72.9 Å². The smallest absolute Gasteiger partial charge is 0.404 e. The van der Waals surface area contributed by atoms with Gasteiger partial charge in [-0.1, -0.05) is 190 Å². The molecular formula is C59H100O11. The predicted molar refractivity (Wildman–Crippen MR) is 283 cm³/mol. The van der Waals surface area contributed by atoms with Crippen molar-refractivity contribution in [1.82, 2.24) is 0 Å². The lowest BCUT2D eigenvalue weighted by Gasteiger charge is -2.51. The fraction of sp³-hybridized carbons (Fsp3) is 0.746. The number of aliphatic hydroxyl groups excluding tert-OH is 1. The van der Waals surface area contributed by atoms with Crippen molar-refractivity contribution in [2.24, 2.45) is 0 Å². The molecule has 70 heavy (non-hydrogen) atoms. The molecule has 1 heterocycles. The molecule has 11 heteroatoms. The summed E-state index contributed by atoms with van der Waals surface area (Å²) in [4.78, 5) is 39.6. The van der Waals surface area contributed by atoms with Crippen molar-refractivity contribution < 1.29 is 53.8 Å². The zero-order chi connectivity index (χ0) is 51.3. The van der Waals surface area contributed by atoms with Crippen LogP contribution in [-0.2, 0) is 33.3 Å². The molecule has 0 aromatic rings. The highest BCUT2D eigenvalue weighted by Crippen LogP contribution is 2.44. The van der Waals surface area contributed by atoms with Crippen LogP contribution in [0.25, 0.3) is 0 Å². The maximum Gasteiger partial charge on any atom is 0.404 e. The topological polar surface area (TPSA) is 169 Å². The highest BCUT2D eigenvalue weighted by Gasteiger charge is 2.78. The number of rotatable bonds is 45. The van der Waals surface area contributed by atoms with Crippen molar-refractivity contribution in [3.8, 4) is 0 Å². The zero-order valence-electron chi connectivity index (χ0n) is 44.3. The summed E-state index contributed by atoms with van der Waals surface area (Å²) in [6, 6.07) is 0. The quantitative estimate of drug-likeness (QED) is 0.0151. The molecule has 4 atom stereocenters. The van der Waals surface area contributed by atoms with Crippen molar-refractivity contribution in [1.29, 1.82) is 0 Å². The van der Waals surface area contributed by atoms with Gasteiger partial charge in [-0.2, -0.15) is 0 Å².